The van der Waals surface area contributed by atoms with E-state index in [-0.39, 0.29) is 12.2 Å². The Kier molecular flexibility index (Phi) is 2.37. The third kappa shape index (κ3) is 1.77. The molecule has 0 amide bonds. The Labute approximate surface area is 67.8 Å². The third-order valence-electron chi connectivity index (χ3n) is 1.26. The maximum Gasteiger partial charge on any atom is 0.355 e. The third-order valence-corrected chi connectivity index (χ3v) is 1.26. The Bertz CT molecular complexity index is 284. The molecule has 1 unspecified atom stereocenters. The lowest BCUT2D eigenvalue weighted by Crippen LogP contribution is -2.15. The Balaban J connectivity index is 2.84. The molecule has 0 aromatic carbocycles. The minimum absolute atomic E-state index is 0.0817. The Morgan fingerprint density at radius 2 is 2.58 bits per heavy atom. The van der Waals surface area contributed by atoms with Gasteiger partial charge in [0.05, 0.1) is 12.7 Å². The van der Waals surface area contributed by atoms with Gasteiger partial charge >= 0.3 is 5.97 Å². The molecule has 0 saturated heterocycles. The molecular formula is C6H8FN3O2. The lowest BCUT2D eigenvalue weighted by Gasteiger charge is -2.02. The summed E-state index contributed by atoms with van der Waals surface area (Å²) in [5.74, 6) is -1.15. The van der Waals surface area contributed by atoms with E-state index in [1.54, 1.807) is 0 Å². The molecule has 0 aliphatic heterocycles. The zero-order valence-electron chi connectivity index (χ0n) is 6.44. The number of hydrogen-bond acceptors (Lipinski definition) is 3. The number of aromatic carboxylic acids is 1. The van der Waals surface area contributed by atoms with Crippen molar-refractivity contribution in [2.24, 2.45) is 0 Å². The normalized spacial score (nSPS) is 12.8. The number of hydrogen-bond donors (Lipinski definition) is 1. The fraction of sp³-hybridized carbons (Fsp3) is 0.500. The van der Waals surface area contributed by atoms with Crippen molar-refractivity contribution in [2.45, 2.75) is 19.6 Å². The van der Waals surface area contributed by atoms with E-state index in [2.05, 4.69) is 10.3 Å². The molecule has 1 rings (SSSR count). The Morgan fingerprint density at radius 3 is 3.08 bits per heavy atom. The van der Waals surface area contributed by atoms with Crippen LogP contribution in [-0.2, 0) is 6.54 Å². The van der Waals surface area contributed by atoms with Gasteiger partial charge in [0.2, 0.25) is 0 Å². The van der Waals surface area contributed by atoms with Crippen molar-refractivity contribution in [3.8, 4) is 0 Å². The highest BCUT2D eigenvalue weighted by Crippen LogP contribution is 1.99. The average molecular weight is 173 g/mol. The van der Waals surface area contributed by atoms with Crippen LogP contribution < -0.4 is 0 Å². The van der Waals surface area contributed by atoms with Crippen molar-refractivity contribution in [3.05, 3.63) is 11.9 Å². The van der Waals surface area contributed by atoms with Gasteiger partial charge in [0.15, 0.2) is 5.69 Å². The second-order valence-corrected chi connectivity index (χ2v) is 2.39. The number of alkyl halides is 1. The van der Waals surface area contributed by atoms with Gasteiger partial charge in [0, 0.05) is 0 Å². The fourth-order valence-corrected chi connectivity index (χ4v) is 0.796. The summed E-state index contributed by atoms with van der Waals surface area (Å²) in [6, 6.07) is 0. The van der Waals surface area contributed by atoms with E-state index >= 15 is 0 Å². The van der Waals surface area contributed by atoms with Crippen molar-refractivity contribution >= 4 is 5.97 Å². The van der Waals surface area contributed by atoms with Gasteiger partial charge < -0.3 is 5.11 Å². The Hall–Kier alpha value is -1.46. The first-order chi connectivity index (χ1) is 5.61. The molecule has 0 radical (unpaired) electrons. The molecule has 0 aliphatic carbocycles. The highest BCUT2D eigenvalue weighted by atomic mass is 19.1. The van der Waals surface area contributed by atoms with Gasteiger partial charge in [-0.1, -0.05) is 5.21 Å². The number of rotatable bonds is 3. The van der Waals surface area contributed by atoms with E-state index in [1.165, 1.54) is 6.92 Å². The van der Waals surface area contributed by atoms with Crippen molar-refractivity contribution in [1.29, 1.82) is 0 Å². The molecule has 66 valence electrons. The first-order valence-electron chi connectivity index (χ1n) is 3.37. The summed E-state index contributed by atoms with van der Waals surface area (Å²) in [6.07, 6.45) is -0.0464. The minimum Gasteiger partial charge on any atom is -0.476 e. The predicted molar refractivity (Wildman–Crippen MR) is 37.6 cm³/mol. The zero-order valence-corrected chi connectivity index (χ0v) is 6.44. The van der Waals surface area contributed by atoms with Gasteiger partial charge in [-0.25, -0.2) is 13.9 Å². The average Bonchev–Trinajstić information content (AvgIpc) is 2.33. The van der Waals surface area contributed by atoms with E-state index in [4.69, 9.17) is 5.11 Å². The number of nitrogens with zero attached hydrogens (tertiary/aromatic N) is 3. The predicted octanol–water partition coefficient (Wildman–Crippen LogP) is 0.334. The van der Waals surface area contributed by atoms with E-state index in [1.807, 2.05) is 0 Å². The summed E-state index contributed by atoms with van der Waals surface area (Å²) in [5, 5.41) is 15.3. The fourth-order valence-electron chi connectivity index (χ4n) is 0.796. The first kappa shape index (κ1) is 8.63. The van der Waals surface area contributed by atoms with E-state index in [9.17, 15) is 9.18 Å². The summed E-state index contributed by atoms with van der Waals surface area (Å²) in [7, 11) is 0. The van der Waals surface area contributed by atoms with Gasteiger partial charge in [-0.05, 0) is 6.92 Å². The summed E-state index contributed by atoms with van der Waals surface area (Å²) in [5.41, 5.74) is -0.0977. The monoisotopic (exact) mass is 173 g/mol. The van der Waals surface area contributed by atoms with Crippen LogP contribution in [0.1, 0.15) is 17.4 Å². The molecule has 0 aliphatic rings. The molecule has 0 bridgehead atoms. The van der Waals surface area contributed by atoms with Crippen LogP contribution in [0.25, 0.3) is 0 Å². The molecule has 1 heterocycles. The molecule has 0 saturated carbocycles. The zero-order chi connectivity index (χ0) is 9.14. The summed E-state index contributed by atoms with van der Waals surface area (Å²) in [6.45, 7) is 1.24. The van der Waals surface area contributed by atoms with Crippen LogP contribution in [0.2, 0.25) is 0 Å². The van der Waals surface area contributed by atoms with Crippen LogP contribution >= 0.6 is 0 Å². The Morgan fingerprint density at radius 1 is 1.92 bits per heavy atom. The standard InChI is InChI=1S/C6H8FN3O2/c1-4(7)3-10-5(6(11)12)2-8-9-10/h2,4H,3H2,1H3,(H,11,12). The number of halogens is 1. The smallest absolute Gasteiger partial charge is 0.355 e. The molecule has 1 N–H and O–H groups in total. The topological polar surface area (TPSA) is 68.0 Å². The summed E-state index contributed by atoms with van der Waals surface area (Å²) in [4.78, 5) is 10.4. The maximum atomic E-state index is 12.4. The van der Waals surface area contributed by atoms with E-state index in [0.717, 1.165) is 10.9 Å². The number of carboxylic acid groups (broad SMARTS) is 1. The maximum absolute atomic E-state index is 12.4. The number of carbonyl (C=O) groups is 1. The van der Waals surface area contributed by atoms with Crippen LogP contribution in [0.5, 0.6) is 0 Å². The second kappa shape index (κ2) is 3.29. The van der Waals surface area contributed by atoms with Crippen LogP contribution in [0.4, 0.5) is 4.39 Å². The highest BCUT2D eigenvalue weighted by molar-refractivity contribution is 5.85. The van der Waals surface area contributed by atoms with Crippen molar-refractivity contribution < 1.29 is 14.3 Å². The summed E-state index contributed by atoms with van der Waals surface area (Å²) >= 11 is 0. The quantitative estimate of drug-likeness (QED) is 0.715. The van der Waals surface area contributed by atoms with Crippen molar-refractivity contribution in [2.75, 3.05) is 0 Å². The minimum atomic E-state index is -1.15. The lowest BCUT2D eigenvalue weighted by atomic mass is 10.4. The van der Waals surface area contributed by atoms with Crippen molar-refractivity contribution in [3.63, 3.8) is 0 Å². The van der Waals surface area contributed by atoms with E-state index in [0.29, 0.717) is 0 Å². The van der Waals surface area contributed by atoms with Crippen LogP contribution in [0.3, 0.4) is 0 Å². The highest BCUT2D eigenvalue weighted by Gasteiger charge is 2.12. The summed E-state index contributed by atoms with van der Waals surface area (Å²) < 4.78 is 13.4. The van der Waals surface area contributed by atoms with Crippen LogP contribution in [-0.4, -0.2) is 32.2 Å². The van der Waals surface area contributed by atoms with Gasteiger partial charge in [-0.2, -0.15) is 0 Å². The van der Waals surface area contributed by atoms with Gasteiger partial charge in [0.1, 0.15) is 6.17 Å². The van der Waals surface area contributed by atoms with Gasteiger partial charge in [-0.15, -0.1) is 5.10 Å². The lowest BCUT2D eigenvalue weighted by molar-refractivity contribution is 0.0681. The van der Waals surface area contributed by atoms with Crippen LogP contribution in [0.15, 0.2) is 6.20 Å². The molecule has 12 heavy (non-hydrogen) atoms. The van der Waals surface area contributed by atoms with E-state index < -0.39 is 12.1 Å². The SMILES string of the molecule is CC(F)Cn1nncc1C(=O)O. The number of carboxylic acids is 1. The van der Waals surface area contributed by atoms with Crippen molar-refractivity contribution in [1.82, 2.24) is 15.0 Å². The molecule has 5 nitrogen and oxygen atoms in total. The molecule has 0 fully saturated rings. The molecule has 0 spiro atoms. The molecule has 1 aromatic rings. The first-order valence-corrected chi connectivity index (χ1v) is 3.37. The second-order valence-electron chi connectivity index (χ2n) is 2.39. The van der Waals surface area contributed by atoms with Crippen LogP contribution in [0, 0.1) is 0 Å². The van der Waals surface area contributed by atoms with Gasteiger partial charge in [0.25, 0.3) is 0 Å². The molecule has 6 heteroatoms. The number of aromatic nitrogens is 3. The molecular weight excluding hydrogens is 165 g/mol. The molecule has 1 atom stereocenters. The largest absolute Gasteiger partial charge is 0.476 e. The van der Waals surface area contributed by atoms with Gasteiger partial charge in [-0.3, -0.25) is 0 Å². The molecule has 1 aromatic heterocycles.